The summed E-state index contributed by atoms with van der Waals surface area (Å²) in [6.45, 7) is 2.35. The Morgan fingerprint density at radius 2 is 2.00 bits per heavy atom. The van der Waals surface area contributed by atoms with Gasteiger partial charge in [0.25, 0.3) is 5.91 Å². The minimum absolute atomic E-state index is 0.115. The first kappa shape index (κ1) is 15.9. The Hall–Kier alpha value is -1.47. The van der Waals surface area contributed by atoms with Crippen molar-refractivity contribution in [3.8, 4) is 0 Å². The Morgan fingerprint density at radius 3 is 2.48 bits per heavy atom. The molecule has 0 heterocycles. The number of hydrogen-bond donors (Lipinski definition) is 1. The third-order valence-corrected chi connectivity index (χ3v) is 4.78. The lowest BCUT2D eigenvalue weighted by atomic mass is 10.1. The van der Waals surface area contributed by atoms with E-state index in [4.69, 9.17) is 5.14 Å². The van der Waals surface area contributed by atoms with Crippen molar-refractivity contribution in [3.63, 3.8) is 0 Å². The topological polar surface area (TPSA) is 80.5 Å². The molecule has 0 aliphatic heterocycles. The van der Waals surface area contributed by atoms with Gasteiger partial charge in [-0.05, 0) is 38.0 Å². The predicted molar refractivity (Wildman–Crippen MR) is 76.7 cm³/mol. The number of sulfonamides is 1. The monoisotopic (exact) mass is 314 g/mol. The number of primary sulfonamides is 1. The van der Waals surface area contributed by atoms with Crippen LogP contribution in [-0.2, 0) is 10.0 Å². The zero-order valence-electron chi connectivity index (χ0n) is 11.9. The zero-order valence-corrected chi connectivity index (χ0v) is 12.7. The highest BCUT2D eigenvalue weighted by Gasteiger charge is 2.28. The molecule has 0 aromatic heterocycles. The Balaban J connectivity index is 2.30. The molecular formula is C14H19FN2O3S. The first-order valence-corrected chi connectivity index (χ1v) is 8.52. The van der Waals surface area contributed by atoms with E-state index in [0.29, 0.717) is 6.54 Å². The van der Waals surface area contributed by atoms with Crippen LogP contribution in [0.25, 0.3) is 0 Å². The number of halogens is 1. The Labute approximate surface area is 124 Å². The Kier molecular flexibility index (Phi) is 4.63. The molecule has 0 unspecified atom stereocenters. The fraction of sp³-hybridized carbons (Fsp3) is 0.500. The molecule has 0 radical (unpaired) electrons. The molecule has 1 saturated carbocycles. The smallest absolute Gasteiger partial charge is 0.257 e. The van der Waals surface area contributed by atoms with Crippen LogP contribution in [0.15, 0.2) is 23.1 Å². The summed E-state index contributed by atoms with van der Waals surface area (Å²) < 4.78 is 36.4. The number of hydrogen-bond acceptors (Lipinski definition) is 3. The average molecular weight is 314 g/mol. The first-order valence-electron chi connectivity index (χ1n) is 6.98. The molecule has 1 aromatic rings. The summed E-state index contributed by atoms with van der Waals surface area (Å²) in [5, 5.41) is 4.95. The van der Waals surface area contributed by atoms with Gasteiger partial charge in [0.15, 0.2) is 0 Å². The van der Waals surface area contributed by atoms with Crippen LogP contribution in [0.1, 0.15) is 43.0 Å². The van der Waals surface area contributed by atoms with E-state index in [1.807, 2.05) is 6.92 Å². The molecule has 0 spiro atoms. The summed E-state index contributed by atoms with van der Waals surface area (Å²) in [5.41, 5.74) is -0.115. The lowest BCUT2D eigenvalue weighted by Gasteiger charge is -2.28. The number of carbonyl (C=O) groups is 1. The minimum Gasteiger partial charge on any atom is -0.336 e. The summed E-state index contributed by atoms with van der Waals surface area (Å²) in [7, 11) is -3.97. The summed E-state index contributed by atoms with van der Waals surface area (Å²) >= 11 is 0. The van der Waals surface area contributed by atoms with Gasteiger partial charge in [-0.2, -0.15) is 0 Å². The van der Waals surface area contributed by atoms with Crippen molar-refractivity contribution in [1.82, 2.24) is 4.90 Å². The molecule has 2 rings (SSSR count). The zero-order chi connectivity index (χ0) is 15.6. The van der Waals surface area contributed by atoms with Crippen LogP contribution >= 0.6 is 0 Å². The van der Waals surface area contributed by atoms with Gasteiger partial charge in [-0.15, -0.1) is 0 Å². The summed E-state index contributed by atoms with van der Waals surface area (Å²) in [6.07, 6.45) is 4.00. The van der Waals surface area contributed by atoms with E-state index in [-0.39, 0.29) is 16.5 Å². The Bertz CT molecular complexity index is 640. The van der Waals surface area contributed by atoms with Crippen molar-refractivity contribution < 1.29 is 17.6 Å². The van der Waals surface area contributed by atoms with Crippen LogP contribution in [0.2, 0.25) is 0 Å². The van der Waals surface area contributed by atoms with E-state index in [0.717, 1.165) is 37.8 Å². The number of benzene rings is 1. The van der Waals surface area contributed by atoms with Crippen molar-refractivity contribution in [2.45, 2.75) is 43.5 Å². The second kappa shape index (κ2) is 6.11. The third kappa shape index (κ3) is 3.41. The minimum atomic E-state index is -3.97. The van der Waals surface area contributed by atoms with Crippen LogP contribution < -0.4 is 5.14 Å². The summed E-state index contributed by atoms with van der Waals surface area (Å²) in [5.74, 6) is -1.26. The van der Waals surface area contributed by atoms with E-state index in [1.54, 1.807) is 4.90 Å². The maximum atomic E-state index is 14.0. The maximum absolute atomic E-state index is 14.0. The van der Waals surface area contributed by atoms with Gasteiger partial charge in [-0.1, -0.05) is 12.8 Å². The number of carbonyl (C=O) groups excluding carboxylic acids is 1. The van der Waals surface area contributed by atoms with Crippen LogP contribution in [0.4, 0.5) is 4.39 Å². The van der Waals surface area contributed by atoms with E-state index >= 15 is 0 Å². The number of nitrogens with zero attached hydrogens (tertiary/aromatic N) is 1. The van der Waals surface area contributed by atoms with E-state index in [2.05, 4.69) is 0 Å². The van der Waals surface area contributed by atoms with E-state index in [9.17, 15) is 17.6 Å². The van der Waals surface area contributed by atoms with E-state index in [1.165, 1.54) is 6.07 Å². The van der Waals surface area contributed by atoms with Crippen molar-refractivity contribution in [2.24, 2.45) is 5.14 Å². The summed E-state index contributed by atoms with van der Waals surface area (Å²) in [4.78, 5) is 13.8. The molecule has 0 saturated heterocycles. The largest absolute Gasteiger partial charge is 0.336 e. The molecule has 21 heavy (non-hydrogen) atoms. The quantitative estimate of drug-likeness (QED) is 0.921. The number of amides is 1. The van der Waals surface area contributed by atoms with Crippen LogP contribution in [-0.4, -0.2) is 31.8 Å². The fourth-order valence-electron chi connectivity index (χ4n) is 2.78. The standard InChI is InChI=1S/C14H19FN2O3S/c1-2-17(10-5-3-4-6-10)14(18)12-8-7-11(9-13(12)15)21(16,19)20/h7-10H,2-6H2,1H3,(H2,16,19,20). The molecular weight excluding hydrogens is 295 g/mol. The van der Waals surface area contributed by atoms with Crippen LogP contribution in [0, 0.1) is 5.82 Å². The van der Waals surface area contributed by atoms with Gasteiger partial charge in [-0.3, -0.25) is 4.79 Å². The van der Waals surface area contributed by atoms with Crippen molar-refractivity contribution >= 4 is 15.9 Å². The molecule has 0 bridgehead atoms. The second-order valence-electron chi connectivity index (χ2n) is 5.22. The average Bonchev–Trinajstić information content (AvgIpc) is 2.92. The van der Waals surface area contributed by atoms with Gasteiger partial charge in [0.2, 0.25) is 10.0 Å². The molecule has 0 atom stereocenters. The number of nitrogens with two attached hydrogens (primary N) is 1. The molecule has 116 valence electrons. The number of rotatable bonds is 4. The van der Waals surface area contributed by atoms with Gasteiger partial charge < -0.3 is 4.90 Å². The van der Waals surface area contributed by atoms with Gasteiger partial charge in [0.05, 0.1) is 10.5 Å². The molecule has 1 aliphatic carbocycles. The van der Waals surface area contributed by atoms with Crippen LogP contribution in [0.3, 0.4) is 0 Å². The van der Waals surface area contributed by atoms with Gasteiger partial charge in [-0.25, -0.2) is 17.9 Å². The van der Waals surface area contributed by atoms with Gasteiger partial charge in [0, 0.05) is 12.6 Å². The first-order chi connectivity index (χ1) is 9.84. The molecule has 2 N–H and O–H groups in total. The molecule has 1 amide bonds. The molecule has 1 aromatic carbocycles. The van der Waals surface area contributed by atoms with Crippen molar-refractivity contribution in [3.05, 3.63) is 29.6 Å². The predicted octanol–water partition coefficient (Wildman–Crippen LogP) is 1.88. The van der Waals surface area contributed by atoms with Gasteiger partial charge in [0.1, 0.15) is 5.82 Å². The normalized spacial score (nSPS) is 16.1. The van der Waals surface area contributed by atoms with Crippen molar-refractivity contribution in [2.75, 3.05) is 6.54 Å². The van der Waals surface area contributed by atoms with E-state index < -0.39 is 21.7 Å². The maximum Gasteiger partial charge on any atom is 0.257 e. The van der Waals surface area contributed by atoms with Crippen molar-refractivity contribution in [1.29, 1.82) is 0 Å². The SMILES string of the molecule is CCN(C(=O)c1ccc(S(N)(=O)=O)cc1F)C1CCCC1. The molecule has 1 aliphatic rings. The van der Waals surface area contributed by atoms with Crippen LogP contribution in [0.5, 0.6) is 0 Å². The third-order valence-electron chi connectivity index (χ3n) is 3.87. The molecule has 1 fully saturated rings. The Morgan fingerprint density at radius 1 is 1.38 bits per heavy atom. The molecule has 7 heteroatoms. The highest BCUT2D eigenvalue weighted by atomic mass is 32.2. The lowest BCUT2D eigenvalue weighted by Crippen LogP contribution is -2.39. The molecule has 5 nitrogen and oxygen atoms in total. The lowest BCUT2D eigenvalue weighted by molar-refractivity contribution is 0.0688. The second-order valence-corrected chi connectivity index (χ2v) is 6.78. The highest BCUT2D eigenvalue weighted by Crippen LogP contribution is 2.25. The fourth-order valence-corrected chi connectivity index (χ4v) is 3.31. The highest BCUT2D eigenvalue weighted by molar-refractivity contribution is 7.89. The summed E-state index contributed by atoms with van der Waals surface area (Å²) in [6, 6.07) is 3.29. The van der Waals surface area contributed by atoms with Gasteiger partial charge >= 0.3 is 0 Å².